The van der Waals surface area contributed by atoms with Gasteiger partial charge in [-0.15, -0.1) is 0 Å². The first kappa shape index (κ1) is 12.8. The van der Waals surface area contributed by atoms with Crippen molar-refractivity contribution < 1.29 is 22.4 Å². The van der Waals surface area contributed by atoms with E-state index in [0.29, 0.717) is 10.8 Å². The van der Waals surface area contributed by atoms with E-state index >= 15 is 0 Å². The summed E-state index contributed by atoms with van der Waals surface area (Å²) in [7, 11) is 0. The van der Waals surface area contributed by atoms with E-state index in [0.717, 1.165) is 0 Å². The van der Waals surface area contributed by atoms with Gasteiger partial charge in [0, 0.05) is 11.6 Å². The Balaban J connectivity index is 2.28. The van der Waals surface area contributed by atoms with Crippen LogP contribution in [0, 0.1) is 0 Å². The number of alkyl halides is 4. The molecule has 0 amide bonds. The molecule has 3 rings (SSSR count). The third-order valence-corrected chi connectivity index (χ3v) is 3.25. The molecule has 2 aromatic rings. The Kier molecular flexibility index (Phi) is 2.48. The zero-order valence-electron chi connectivity index (χ0n) is 9.91. The zero-order valence-corrected chi connectivity index (χ0v) is 9.91. The van der Waals surface area contributed by atoms with Crippen LogP contribution in [0.15, 0.2) is 42.6 Å². The lowest BCUT2D eigenvalue weighted by atomic mass is 10.0. The Morgan fingerprint density at radius 1 is 0.950 bits per heavy atom. The fraction of sp³-hybridized carbons (Fsp3) is 0.143. The third-order valence-electron chi connectivity index (χ3n) is 3.25. The van der Waals surface area contributed by atoms with Crippen LogP contribution in [-0.2, 0) is 4.79 Å². The SMILES string of the molecule is O=C1C=C(c2nccc3ccccc23)C(F)(F)C1(F)F. The largest absolute Gasteiger partial charge is 0.375 e. The molecule has 0 unspecified atom stereocenters. The molecule has 0 atom stereocenters. The minimum atomic E-state index is -4.72. The number of fused-ring (bicyclic) bond motifs is 1. The van der Waals surface area contributed by atoms with Crippen LogP contribution < -0.4 is 0 Å². The zero-order chi connectivity index (χ0) is 14.5. The van der Waals surface area contributed by atoms with Gasteiger partial charge in [-0.2, -0.15) is 17.6 Å². The van der Waals surface area contributed by atoms with Crippen LogP contribution in [0.3, 0.4) is 0 Å². The fourth-order valence-electron chi connectivity index (χ4n) is 2.19. The first-order valence-electron chi connectivity index (χ1n) is 5.72. The van der Waals surface area contributed by atoms with Crippen molar-refractivity contribution in [2.75, 3.05) is 0 Å². The summed E-state index contributed by atoms with van der Waals surface area (Å²) >= 11 is 0. The summed E-state index contributed by atoms with van der Waals surface area (Å²) in [6, 6.07) is 7.99. The molecule has 20 heavy (non-hydrogen) atoms. The summed E-state index contributed by atoms with van der Waals surface area (Å²) < 4.78 is 54.1. The Morgan fingerprint density at radius 3 is 2.30 bits per heavy atom. The van der Waals surface area contributed by atoms with Crippen LogP contribution in [0.4, 0.5) is 17.6 Å². The maximum Gasteiger partial charge on any atom is 0.375 e. The normalized spacial score (nSPS) is 20.2. The number of benzene rings is 1. The summed E-state index contributed by atoms with van der Waals surface area (Å²) in [6.45, 7) is 0. The molecule has 0 saturated carbocycles. The van der Waals surface area contributed by atoms with Gasteiger partial charge in [0.1, 0.15) is 0 Å². The molecule has 2 nitrogen and oxygen atoms in total. The number of hydrogen-bond acceptors (Lipinski definition) is 2. The minimum Gasteiger partial charge on any atom is -0.288 e. The smallest absolute Gasteiger partial charge is 0.288 e. The topological polar surface area (TPSA) is 30.0 Å². The highest BCUT2D eigenvalue weighted by Gasteiger charge is 2.67. The Hall–Kier alpha value is -2.24. The second-order valence-electron chi connectivity index (χ2n) is 4.45. The highest BCUT2D eigenvalue weighted by molar-refractivity contribution is 6.11. The van der Waals surface area contributed by atoms with Crippen molar-refractivity contribution in [3.8, 4) is 0 Å². The van der Waals surface area contributed by atoms with E-state index in [1.54, 1.807) is 24.3 Å². The van der Waals surface area contributed by atoms with Crippen molar-refractivity contribution in [1.82, 2.24) is 4.98 Å². The van der Waals surface area contributed by atoms with Gasteiger partial charge in [0.25, 0.3) is 0 Å². The molecule has 0 spiro atoms. The number of rotatable bonds is 1. The number of halogens is 4. The number of carbonyl (C=O) groups excluding carboxylic acids is 1. The van der Waals surface area contributed by atoms with Crippen molar-refractivity contribution in [3.05, 3.63) is 48.3 Å². The molecule has 1 aliphatic carbocycles. The van der Waals surface area contributed by atoms with Crippen molar-refractivity contribution >= 4 is 22.1 Å². The summed E-state index contributed by atoms with van der Waals surface area (Å²) in [4.78, 5) is 14.8. The quantitative estimate of drug-likeness (QED) is 0.749. The lowest BCUT2D eigenvalue weighted by molar-refractivity contribution is -0.176. The number of carbonyl (C=O) groups is 1. The molecule has 1 aromatic heterocycles. The summed E-state index contributed by atoms with van der Waals surface area (Å²) in [5.74, 6) is -11.2. The van der Waals surface area contributed by atoms with Crippen LogP contribution in [0.1, 0.15) is 5.69 Å². The average Bonchev–Trinajstić information content (AvgIpc) is 2.58. The number of ketones is 1. The Morgan fingerprint density at radius 2 is 1.65 bits per heavy atom. The molecule has 102 valence electrons. The predicted molar refractivity (Wildman–Crippen MR) is 64.6 cm³/mol. The molecule has 0 fully saturated rings. The van der Waals surface area contributed by atoms with Crippen LogP contribution in [0.25, 0.3) is 16.3 Å². The highest BCUT2D eigenvalue weighted by Crippen LogP contribution is 2.50. The van der Waals surface area contributed by atoms with Gasteiger partial charge in [0.15, 0.2) is 0 Å². The third kappa shape index (κ3) is 1.51. The molecule has 0 aliphatic heterocycles. The van der Waals surface area contributed by atoms with Crippen LogP contribution in [-0.4, -0.2) is 22.6 Å². The van der Waals surface area contributed by atoms with Gasteiger partial charge in [-0.05, 0) is 17.5 Å². The van der Waals surface area contributed by atoms with E-state index < -0.39 is 23.2 Å². The Labute approximate surface area is 110 Å². The van der Waals surface area contributed by atoms with E-state index in [1.807, 2.05) is 0 Å². The van der Waals surface area contributed by atoms with E-state index in [1.165, 1.54) is 12.3 Å². The maximum absolute atomic E-state index is 13.8. The molecular formula is C14H7F4NO. The number of pyridine rings is 1. The van der Waals surface area contributed by atoms with E-state index in [9.17, 15) is 22.4 Å². The van der Waals surface area contributed by atoms with Crippen molar-refractivity contribution in [1.29, 1.82) is 0 Å². The lowest BCUT2D eigenvalue weighted by Gasteiger charge is -2.20. The van der Waals surface area contributed by atoms with Crippen LogP contribution >= 0.6 is 0 Å². The molecule has 1 aromatic carbocycles. The first-order valence-corrected chi connectivity index (χ1v) is 5.72. The van der Waals surface area contributed by atoms with Gasteiger partial charge >= 0.3 is 11.8 Å². The van der Waals surface area contributed by atoms with Gasteiger partial charge in [-0.1, -0.05) is 24.3 Å². The van der Waals surface area contributed by atoms with E-state index in [-0.39, 0.29) is 11.8 Å². The fourth-order valence-corrected chi connectivity index (χ4v) is 2.19. The number of nitrogens with zero attached hydrogens (tertiary/aromatic N) is 1. The van der Waals surface area contributed by atoms with E-state index in [4.69, 9.17) is 0 Å². The first-order chi connectivity index (χ1) is 9.35. The average molecular weight is 281 g/mol. The molecule has 0 N–H and O–H groups in total. The predicted octanol–water partition coefficient (Wildman–Crippen LogP) is 3.47. The number of aromatic nitrogens is 1. The number of hydrogen-bond donors (Lipinski definition) is 0. The molecule has 1 heterocycles. The minimum absolute atomic E-state index is 0.286. The standard InChI is InChI=1S/C14H7F4NO/c15-13(16)10(7-11(20)14(13,17)18)12-9-4-2-1-3-8(9)5-6-19-12/h1-7H. The molecule has 6 heteroatoms. The van der Waals surface area contributed by atoms with E-state index in [2.05, 4.69) is 4.98 Å². The summed E-state index contributed by atoms with van der Waals surface area (Å²) in [5, 5.41) is 0.878. The molecule has 0 bridgehead atoms. The van der Waals surface area contributed by atoms with Crippen molar-refractivity contribution in [2.24, 2.45) is 0 Å². The second-order valence-corrected chi connectivity index (χ2v) is 4.45. The maximum atomic E-state index is 13.8. The second kappa shape index (κ2) is 3.88. The molecular weight excluding hydrogens is 274 g/mol. The lowest BCUT2D eigenvalue weighted by Crippen LogP contribution is -2.42. The van der Waals surface area contributed by atoms with Gasteiger partial charge in [0.2, 0.25) is 5.78 Å². The monoisotopic (exact) mass is 281 g/mol. The molecule has 0 radical (unpaired) electrons. The van der Waals surface area contributed by atoms with Crippen molar-refractivity contribution in [2.45, 2.75) is 11.8 Å². The summed E-state index contributed by atoms with van der Waals surface area (Å²) in [5.41, 5.74) is -1.33. The highest BCUT2D eigenvalue weighted by atomic mass is 19.3. The molecule has 0 saturated heterocycles. The Bertz CT molecular complexity index is 746. The van der Waals surface area contributed by atoms with Crippen molar-refractivity contribution in [3.63, 3.8) is 0 Å². The van der Waals surface area contributed by atoms with Gasteiger partial charge in [-0.25, -0.2) is 0 Å². The van der Waals surface area contributed by atoms with Crippen LogP contribution in [0.5, 0.6) is 0 Å². The van der Waals surface area contributed by atoms with Crippen LogP contribution in [0.2, 0.25) is 0 Å². The number of allylic oxidation sites excluding steroid dienone is 2. The van der Waals surface area contributed by atoms with Gasteiger partial charge < -0.3 is 0 Å². The molecule has 1 aliphatic rings. The van der Waals surface area contributed by atoms with Gasteiger partial charge in [0.05, 0.1) is 11.3 Å². The summed E-state index contributed by atoms with van der Waals surface area (Å²) in [6.07, 6.45) is 1.53. The van der Waals surface area contributed by atoms with Gasteiger partial charge in [-0.3, -0.25) is 9.78 Å².